The van der Waals surface area contributed by atoms with Gasteiger partial charge >= 0.3 is 0 Å². The van der Waals surface area contributed by atoms with Crippen molar-refractivity contribution in [1.82, 2.24) is 10.2 Å². The summed E-state index contributed by atoms with van der Waals surface area (Å²) >= 11 is 0. The molecule has 0 aromatic rings. The number of nitrogens with zero attached hydrogens (tertiary/aromatic N) is 1. The number of hydrogen-bond donors (Lipinski definition) is 1. The number of hydrogen-bond acceptors (Lipinski definition) is 4. The third-order valence-electron chi connectivity index (χ3n) is 4.58. The van der Waals surface area contributed by atoms with E-state index in [0.29, 0.717) is 17.4 Å². The lowest BCUT2D eigenvalue weighted by Crippen LogP contribution is -2.49. The van der Waals surface area contributed by atoms with Gasteiger partial charge in [-0.3, -0.25) is 4.90 Å². The second-order valence-corrected chi connectivity index (χ2v) is 7.06. The molecule has 20 heavy (non-hydrogen) atoms. The maximum Gasteiger partial charge on any atom is 0.0710 e. The second-order valence-electron chi connectivity index (χ2n) is 7.06. The molecule has 0 aromatic heterocycles. The lowest BCUT2D eigenvalue weighted by molar-refractivity contribution is -0.0252. The number of nitrogens with one attached hydrogen (secondary N) is 1. The molecule has 2 aliphatic heterocycles. The summed E-state index contributed by atoms with van der Waals surface area (Å²) in [5.74, 6) is 0.709. The van der Waals surface area contributed by atoms with E-state index in [1.54, 1.807) is 0 Å². The highest BCUT2D eigenvalue weighted by atomic mass is 16.5. The van der Waals surface area contributed by atoms with Crippen molar-refractivity contribution in [2.24, 2.45) is 11.3 Å². The van der Waals surface area contributed by atoms with Crippen LogP contribution in [0.4, 0.5) is 0 Å². The predicted molar refractivity (Wildman–Crippen MR) is 82.0 cm³/mol. The van der Waals surface area contributed by atoms with Crippen molar-refractivity contribution in [3.63, 3.8) is 0 Å². The molecular weight excluding hydrogens is 252 g/mol. The molecular formula is C16H32N2O2. The van der Waals surface area contributed by atoms with Crippen molar-refractivity contribution in [2.75, 3.05) is 53.0 Å². The summed E-state index contributed by atoms with van der Waals surface area (Å²) in [6.07, 6.45) is 4.09. The molecule has 4 heteroatoms. The molecule has 0 bridgehead atoms. The lowest BCUT2D eigenvalue weighted by Gasteiger charge is -2.40. The Morgan fingerprint density at radius 1 is 1.45 bits per heavy atom. The summed E-state index contributed by atoms with van der Waals surface area (Å²) in [4.78, 5) is 2.57. The first-order valence-corrected chi connectivity index (χ1v) is 8.17. The SMILES string of the molecule is COC1CCN(CC2(CNCC(C)C)CCCOC2)C1. The maximum atomic E-state index is 5.81. The predicted octanol–water partition coefficient (Wildman–Crippen LogP) is 1.75. The zero-order valence-electron chi connectivity index (χ0n) is 13.5. The molecule has 2 atom stereocenters. The summed E-state index contributed by atoms with van der Waals surface area (Å²) < 4.78 is 11.3. The number of rotatable bonds is 7. The summed E-state index contributed by atoms with van der Waals surface area (Å²) in [6, 6.07) is 0. The minimum Gasteiger partial charge on any atom is -0.381 e. The molecule has 2 unspecified atom stereocenters. The minimum absolute atomic E-state index is 0.301. The number of likely N-dealkylation sites (tertiary alicyclic amines) is 1. The summed E-state index contributed by atoms with van der Waals surface area (Å²) in [5, 5.41) is 3.66. The first kappa shape index (κ1) is 16.2. The van der Waals surface area contributed by atoms with Gasteiger partial charge in [-0.2, -0.15) is 0 Å². The van der Waals surface area contributed by atoms with Crippen molar-refractivity contribution in [2.45, 2.75) is 39.2 Å². The Morgan fingerprint density at radius 3 is 2.90 bits per heavy atom. The average molecular weight is 284 g/mol. The molecule has 2 heterocycles. The van der Waals surface area contributed by atoms with E-state index in [-0.39, 0.29) is 0 Å². The average Bonchev–Trinajstić information content (AvgIpc) is 2.86. The Labute approximate surface area is 124 Å². The number of methoxy groups -OCH3 is 1. The van der Waals surface area contributed by atoms with Gasteiger partial charge in [0.25, 0.3) is 0 Å². The quantitative estimate of drug-likeness (QED) is 0.772. The van der Waals surface area contributed by atoms with Gasteiger partial charge in [0.2, 0.25) is 0 Å². The Morgan fingerprint density at radius 2 is 2.30 bits per heavy atom. The molecule has 2 fully saturated rings. The minimum atomic E-state index is 0.301. The van der Waals surface area contributed by atoms with Crippen LogP contribution in [0, 0.1) is 11.3 Å². The molecule has 0 spiro atoms. The lowest BCUT2D eigenvalue weighted by atomic mass is 9.81. The third kappa shape index (κ3) is 4.69. The monoisotopic (exact) mass is 284 g/mol. The summed E-state index contributed by atoms with van der Waals surface area (Å²) in [5.41, 5.74) is 0.301. The van der Waals surface area contributed by atoms with Crippen LogP contribution in [-0.2, 0) is 9.47 Å². The highest BCUT2D eigenvalue weighted by Crippen LogP contribution is 2.30. The van der Waals surface area contributed by atoms with Gasteiger partial charge in [0.05, 0.1) is 12.7 Å². The van der Waals surface area contributed by atoms with Gasteiger partial charge in [-0.05, 0) is 31.7 Å². The second kappa shape index (κ2) is 7.74. The maximum absolute atomic E-state index is 5.81. The molecule has 0 radical (unpaired) electrons. The molecule has 0 amide bonds. The largest absolute Gasteiger partial charge is 0.381 e. The van der Waals surface area contributed by atoms with E-state index in [2.05, 4.69) is 24.1 Å². The molecule has 0 aromatic carbocycles. The van der Waals surface area contributed by atoms with Gasteiger partial charge in [-0.15, -0.1) is 0 Å². The van der Waals surface area contributed by atoms with Crippen LogP contribution in [0.15, 0.2) is 0 Å². The standard InChI is InChI=1S/C16H32N2O2/c1-14(2)9-17-11-16(6-4-8-20-13-16)12-18-7-5-15(10-18)19-3/h14-15,17H,4-13H2,1-3H3. The van der Waals surface area contributed by atoms with Crippen molar-refractivity contribution in [3.05, 3.63) is 0 Å². The van der Waals surface area contributed by atoms with Crippen LogP contribution in [0.3, 0.4) is 0 Å². The van der Waals surface area contributed by atoms with Crippen molar-refractivity contribution >= 4 is 0 Å². The van der Waals surface area contributed by atoms with Crippen LogP contribution in [-0.4, -0.2) is 64.1 Å². The van der Waals surface area contributed by atoms with Crippen LogP contribution in [0.25, 0.3) is 0 Å². The van der Waals surface area contributed by atoms with E-state index in [1.807, 2.05) is 7.11 Å². The molecule has 0 saturated carbocycles. The van der Waals surface area contributed by atoms with E-state index < -0.39 is 0 Å². The normalized spacial score (nSPS) is 32.1. The van der Waals surface area contributed by atoms with E-state index in [0.717, 1.165) is 39.4 Å². The smallest absolute Gasteiger partial charge is 0.0710 e. The molecule has 2 rings (SSSR count). The topological polar surface area (TPSA) is 33.7 Å². The van der Waals surface area contributed by atoms with Crippen LogP contribution in [0.5, 0.6) is 0 Å². The van der Waals surface area contributed by atoms with Crippen LogP contribution >= 0.6 is 0 Å². The van der Waals surface area contributed by atoms with Crippen molar-refractivity contribution in [3.8, 4) is 0 Å². The highest BCUT2D eigenvalue weighted by molar-refractivity contribution is 4.90. The highest BCUT2D eigenvalue weighted by Gasteiger charge is 2.36. The van der Waals surface area contributed by atoms with Gasteiger partial charge in [-0.25, -0.2) is 0 Å². The van der Waals surface area contributed by atoms with Gasteiger partial charge in [0, 0.05) is 45.3 Å². The van der Waals surface area contributed by atoms with Crippen molar-refractivity contribution < 1.29 is 9.47 Å². The molecule has 0 aliphatic carbocycles. The summed E-state index contributed by atoms with van der Waals surface area (Å²) in [6.45, 7) is 12.0. The fraction of sp³-hybridized carbons (Fsp3) is 1.00. The van der Waals surface area contributed by atoms with E-state index in [1.165, 1.54) is 25.8 Å². The molecule has 2 saturated heterocycles. The zero-order chi connectivity index (χ0) is 14.4. The Balaban J connectivity index is 1.86. The Hall–Kier alpha value is -0.160. The number of ether oxygens (including phenoxy) is 2. The Kier molecular flexibility index (Phi) is 6.27. The first-order valence-electron chi connectivity index (χ1n) is 8.17. The van der Waals surface area contributed by atoms with Crippen LogP contribution < -0.4 is 5.32 Å². The molecule has 1 N–H and O–H groups in total. The fourth-order valence-corrected chi connectivity index (χ4v) is 3.46. The van der Waals surface area contributed by atoms with Gasteiger partial charge in [0.1, 0.15) is 0 Å². The van der Waals surface area contributed by atoms with Crippen molar-refractivity contribution in [1.29, 1.82) is 0 Å². The third-order valence-corrected chi connectivity index (χ3v) is 4.58. The van der Waals surface area contributed by atoms with Crippen LogP contribution in [0.2, 0.25) is 0 Å². The zero-order valence-corrected chi connectivity index (χ0v) is 13.5. The first-order chi connectivity index (χ1) is 9.63. The fourth-order valence-electron chi connectivity index (χ4n) is 3.46. The molecule has 4 nitrogen and oxygen atoms in total. The molecule has 118 valence electrons. The van der Waals surface area contributed by atoms with E-state index in [9.17, 15) is 0 Å². The summed E-state index contributed by atoms with van der Waals surface area (Å²) in [7, 11) is 1.83. The van der Waals surface area contributed by atoms with Gasteiger partial charge in [-0.1, -0.05) is 13.8 Å². The molecule has 2 aliphatic rings. The van der Waals surface area contributed by atoms with Crippen LogP contribution in [0.1, 0.15) is 33.1 Å². The van der Waals surface area contributed by atoms with E-state index in [4.69, 9.17) is 9.47 Å². The van der Waals surface area contributed by atoms with E-state index >= 15 is 0 Å². The Bertz CT molecular complexity index is 278. The van der Waals surface area contributed by atoms with Gasteiger partial charge in [0.15, 0.2) is 0 Å². The van der Waals surface area contributed by atoms with Gasteiger partial charge < -0.3 is 14.8 Å².